The van der Waals surface area contributed by atoms with E-state index in [-0.39, 0.29) is 18.0 Å². The van der Waals surface area contributed by atoms with Crippen molar-refractivity contribution in [2.45, 2.75) is 13.1 Å². The summed E-state index contributed by atoms with van der Waals surface area (Å²) in [6, 6.07) is 20.6. The van der Waals surface area contributed by atoms with Crippen molar-refractivity contribution in [2.75, 3.05) is 12.0 Å². The van der Waals surface area contributed by atoms with E-state index in [0.717, 1.165) is 21.9 Å². The Hall–Kier alpha value is -3.42. The largest absolute Gasteiger partial charge is 0.497 e. The van der Waals surface area contributed by atoms with Crippen LogP contribution in [0.1, 0.15) is 20.8 Å². The molecule has 6 nitrogen and oxygen atoms in total. The summed E-state index contributed by atoms with van der Waals surface area (Å²) in [7, 11) is 1.63. The lowest BCUT2D eigenvalue weighted by molar-refractivity contribution is 0.0695. The number of ether oxygens (including phenoxy) is 1. The molecule has 164 valence electrons. The van der Waals surface area contributed by atoms with Gasteiger partial charge in [-0.2, -0.15) is 0 Å². The second kappa shape index (κ2) is 10.7. The molecule has 0 unspecified atom stereocenters. The topological polar surface area (TPSA) is 75.5 Å². The third-order valence-electron chi connectivity index (χ3n) is 4.85. The Morgan fingerprint density at radius 1 is 1.03 bits per heavy atom. The highest BCUT2D eigenvalue weighted by Crippen LogP contribution is 2.25. The zero-order valence-corrected chi connectivity index (χ0v) is 19.0. The van der Waals surface area contributed by atoms with Gasteiger partial charge in [0.05, 0.1) is 24.9 Å². The van der Waals surface area contributed by atoms with Crippen molar-refractivity contribution in [3.8, 4) is 17.0 Å². The molecule has 32 heavy (non-hydrogen) atoms. The van der Waals surface area contributed by atoms with Gasteiger partial charge in [0, 0.05) is 23.2 Å². The van der Waals surface area contributed by atoms with E-state index in [4.69, 9.17) is 9.72 Å². The molecule has 1 N–H and O–H groups in total. The summed E-state index contributed by atoms with van der Waals surface area (Å²) in [5.41, 5.74) is 2.73. The minimum Gasteiger partial charge on any atom is -0.497 e. The van der Waals surface area contributed by atoms with E-state index in [2.05, 4.69) is 4.98 Å². The maximum atomic E-state index is 11.7. The van der Waals surface area contributed by atoms with Crippen molar-refractivity contribution in [3.63, 3.8) is 0 Å². The van der Waals surface area contributed by atoms with Gasteiger partial charge in [0.15, 0.2) is 0 Å². The normalized spacial score (nSPS) is 10.3. The van der Waals surface area contributed by atoms with Crippen molar-refractivity contribution in [3.05, 3.63) is 94.3 Å². The van der Waals surface area contributed by atoms with E-state index < -0.39 is 5.97 Å². The van der Waals surface area contributed by atoms with Gasteiger partial charge in [-0.15, -0.1) is 23.7 Å². The monoisotopic (exact) mass is 467 g/mol. The number of aromatic carboxylic acids is 1. The molecule has 0 aliphatic carbocycles. The lowest BCUT2D eigenvalue weighted by atomic mass is 10.1. The predicted octanol–water partition coefficient (Wildman–Crippen LogP) is 5.54. The average Bonchev–Trinajstić information content (AvgIpc) is 3.32. The first-order chi connectivity index (χ1) is 15.1. The zero-order chi connectivity index (χ0) is 21.6. The molecule has 0 spiro atoms. The average molecular weight is 468 g/mol. The molecule has 8 heteroatoms. The fourth-order valence-electron chi connectivity index (χ4n) is 3.28. The lowest BCUT2D eigenvalue weighted by Crippen LogP contribution is -2.25. The molecular weight excluding hydrogens is 446 g/mol. The Morgan fingerprint density at radius 3 is 2.50 bits per heavy atom. The molecule has 0 fully saturated rings. The molecule has 2 aromatic heterocycles. The molecule has 0 saturated carbocycles. The summed E-state index contributed by atoms with van der Waals surface area (Å²) in [5.74, 6) is 0.379. The highest BCUT2D eigenvalue weighted by molar-refractivity contribution is 7.09. The number of carboxylic acid groups (broad SMARTS) is 1. The molecule has 2 aromatic carbocycles. The van der Waals surface area contributed by atoms with Gasteiger partial charge in [-0.25, -0.2) is 14.8 Å². The number of carboxylic acids is 1. The summed E-state index contributed by atoms with van der Waals surface area (Å²) < 4.78 is 5.23. The number of nitrogens with zero attached hydrogens (tertiary/aromatic N) is 3. The van der Waals surface area contributed by atoms with Crippen LogP contribution in [0.3, 0.4) is 0 Å². The maximum Gasteiger partial charge on any atom is 0.336 e. The fraction of sp³-hybridized carbons (Fsp3) is 0.125. The van der Waals surface area contributed by atoms with Crippen molar-refractivity contribution >= 4 is 35.7 Å². The molecule has 0 amide bonds. The zero-order valence-electron chi connectivity index (χ0n) is 17.3. The second-order valence-electron chi connectivity index (χ2n) is 6.87. The molecule has 0 radical (unpaired) electrons. The number of rotatable bonds is 8. The summed E-state index contributed by atoms with van der Waals surface area (Å²) in [5, 5.41) is 11.6. The van der Waals surface area contributed by atoms with Crippen LogP contribution in [-0.4, -0.2) is 28.2 Å². The van der Waals surface area contributed by atoms with Crippen LogP contribution in [0.5, 0.6) is 5.75 Å². The van der Waals surface area contributed by atoms with Crippen LogP contribution in [0, 0.1) is 0 Å². The minimum absolute atomic E-state index is 0. The molecule has 0 aliphatic heterocycles. The van der Waals surface area contributed by atoms with E-state index in [1.165, 1.54) is 0 Å². The smallest absolute Gasteiger partial charge is 0.336 e. The molecular formula is C24H22ClN3O3S. The fourth-order valence-corrected chi connectivity index (χ4v) is 4.00. The summed E-state index contributed by atoms with van der Waals surface area (Å²) in [6.45, 7) is 0.962. The van der Waals surface area contributed by atoms with Gasteiger partial charge in [0.2, 0.25) is 5.95 Å². The van der Waals surface area contributed by atoms with Crippen LogP contribution in [0.4, 0.5) is 5.95 Å². The number of methoxy groups -OCH3 is 1. The van der Waals surface area contributed by atoms with Crippen LogP contribution in [-0.2, 0) is 13.1 Å². The third-order valence-corrected chi connectivity index (χ3v) is 5.71. The number of halogens is 1. The number of anilines is 1. The predicted molar refractivity (Wildman–Crippen MR) is 129 cm³/mol. The Bertz CT molecular complexity index is 1170. The van der Waals surface area contributed by atoms with Crippen LogP contribution in [0.15, 0.2) is 78.3 Å². The minimum atomic E-state index is -0.945. The van der Waals surface area contributed by atoms with E-state index in [9.17, 15) is 9.90 Å². The highest BCUT2D eigenvalue weighted by Gasteiger charge is 2.17. The maximum absolute atomic E-state index is 11.7. The molecule has 2 heterocycles. The van der Waals surface area contributed by atoms with Gasteiger partial charge in [-0.1, -0.05) is 24.3 Å². The molecule has 0 aliphatic rings. The number of benzene rings is 2. The van der Waals surface area contributed by atoms with Gasteiger partial charge >= 0.3 is 5.97 Å². The van der Waals surface area contributed by atoms with Crippen LogP contribution >= 0.6 is 23.7 Å². The standard InChI is InChI=1S/C24H21N3O3S.ClH/c1-30-19-10-8-17(9-11-19)22-12-13-25-24(26-22)27(16-20-6-4-14-31-20)15-18-5-2-3-7-21(18)23(28)29;/h2-14H,15-16H2,1H3,(H,28,29);1H. The van der Waals surface area contributed by atoms with Gasteiger partial charge in [0.25, 0.3) is 0 Å². The summed E-state index contributed by atoms with van der Waals surface area (Å²) >= 11 is 1.64. The lowest BCUT2D eigenvalue weighted by Gasteiger charge is -2.23. The number of hydrogen-bond donors (Lipinski definition) is 1. The Labute approximate surface area is 196 Å². The Kier molecular flexibility index (Phi) is 7.81. The molecule has 4 rings (SSSR count). The third kappa shape index (κ3) is 5.43. The van der Waals surface area contributed by atoms with Crippen LogP contribution in [0.25, 0.3) is 11.3 Å². The van der Waals surface area contributed by atoms with Gasteiger partial charge in [-0.05, 0) is 53.4 Å². The molecule has 0 atom stereocenters. The first-order valence-electron chi connectivity index (χ1n) is 9.70. The van der Waals surface area contributed by atoms with Crippen molar-refractivity contribution in [2.24, 2.45) is 0 Å². The Morgan fingerprint density at radius 2 is 1.81 bits per heavy atom. The molecule has 0 saturated heterocycles. The summed E-state index contributed by atoms with van der Waals surface area (Å²) in [4.78, 5) is 24.1. The van der Waals surface area contributed by atoms with E-state index >= 15 is 0 Å². The van der Waals surface area contributed by atoms with Gasteiger partial charge in [0.1, 0.15) is 5.75 Å². The number of aromatic nitrogens is 2. The van der Waals surface area contributed by atoms with E-state index in [1.54, 1.807) is 36.8 Å². The first kappa shape index (κ1) is 23.2. The summed E-state index contributed by atoms with van der Waals surface area (Å²) in [6.07, 6.45) is 1.73. The van der Waals surface area contributed by atoms with Gasteiger partial charge in [-0.3, -0.25) is 0 Å². The second-order valence-corrected chi connectivity index (χ2v) is 7.90. The van der Waals surface area contributed by atoms with Gasteiger partial charge < -0.3 is 14.7 Å². The van der Waals surface area contributed by atoms with Crippen LogP contribution in [0.2, 0.25) is 0 Å². The van der Waals surface area contributed by atoms with Crippen molar-refractivity contribution in [1.82, 2.24) is 9.97 Å². The number of carbonyl (C=O) groups is 1. The first-order valence-corrected chi connectivity index (χ1v) is 10.6. The molecule has 0 bridgehead atoms. The van der Waals surface area contributed by atoms with Crippen molar-refractivity contribution in [1.29, 1.82) is 0 Å². The SMILES string of the molecule is COc1ccc(-c2ccnc(N(Cc3cccs3)Cc3ccccc3C(=O)O)n2)cc1.Cl. The quantitative estimate of drug-likeness (QED) is 0.366. The van der Waals surface area contributed by atoms with Crippen molar-refractivity contribution < 1.29 is 14.6 Å². The van der Waals surface area contributed by atoms with Crippen LogP contribution < -0.4 is 9.64 Å². The number of thiophene rings is 1. The molecule has 4 aromatic rings. The Balaban J connectivity index is 0.00000289. The van der Waals surface area contributed by atoms with E-state index in [0.29, 0.717) is 24.6 Å². The highest BCUT2D eigenvalue weighted by atomic mass is 35.5. The number of hydrogen-bond acceptors (Lipinski definition) is 6. The van der Waals surface area contributed by atoms with E-state index in [1.807, 2.05) is 64.9 Å².